The van der Waals surface area contributed by atoms with Crippen LogP contribution in [0.1, 0.15) is 27.0 Å². The van der Waals surface area contributed by atoms with Gasteiger partial charge in [-0.15, -0.1) is 0 Å². The van der Waals surface area contributed by atoms with Gasteiger partial charge >= 0.3 is 5.97 Å². The highest BCUT2D eigenvalue weighted by molar-refractivity contribution is 9.08. The van der Waals surface area contributed by atoms with E-state index in [4.69, 9.17) is 4.74 Å². The zero-order valence-electron chi connectivity index (χ0n) is 10.8. The highest BCUT2D eigenvalue weighted by Crippen LogP contribution is 2.17. The van der Waals surface area contributed by atoms with E-state index in [0.29, 0.717) is 5.56 Å². The van der Waals surface area contributed by atoms with Crippen LogP contribution in [0, 0.1) is 0 Å². The van der Waals surface area contributed by atoms with Gasteiger partial charge in [0.2, 0.25) is 0 Å². The van der Waals surface area contributed by atoms with Gasteiger partial charge in [0.25, 0.3) is 0 Å². The van der Waals surface area contributed by atoms with Crippen molar-refractivity contribution in [1.82, 2.24) is 0 Å². The van der Waals surface area contributed by atoms with Gasteiger partial charge in [0.05, 0.1) is 5.56 Å². The van der Waals surface area contributed by atoms with Crippen molar-refractivity contribution in [3.05, 3.63) is 70.8 Å². The second kappa shape index (κ2) is 7.60. The number of hydrogen-bond acceptors (Lipinski definition) is 2. The number of carbonyl (C=O) groups is 1. The Labute approximate surface area is 135 Å². The van der Waals surface area contributed by atoms with Gasteiger partial charge in [0.15, 0.2) is 0 Å². The number of ether oxygens (including phenoxy) is 1. The first-order valence-electron chi connectivity index (χ1n) is 6.18. The number of rotatable bonds is 5. The first-order valence-corrected chi connectivity index (χ1v) is 8.43. The van der Waals surface area contributed by atoms with E-state index in [1.165, 1.54) is 11.1 Å². The Kier molecular flexibility index (Phi) is 5.80. The largest absolute Gasteiger partial charge is 0.457 e. The molecule has 0 N–H and O–H groups in total. The second-order valence-electron chi connectivity index (χ2n) is 4.37. The zero-order chi connectivity index (χ0) is 14.4. The van der Waals surface area contributed by atoms with Crippen LogP contribution in [-0.2, 0) is 22.0 Å². The minimum Gasteiger partial charge on any atom is -0.457 e. The third-order valence-electron chi connectivity index (χ3n) is 2.80. The number of alkyl halides is 2. The fraction of sp³-hybridized carbons (Fsp3) is 0.188. The average Bonchev–Trinajstić information content (AvgIpc) is 2.53. The quantitative estimate of drug-likeness (QED) is 0.533. The number of carbonyl (C=O) groups excluding carboxylic acids is 1. The Balaban J connectivity index is 2.05. The molecule has 2 aromatic rings. The smallest absolute Gasteiger partial charge is 0.338 e. The van der Waals surface area contributed by atoms with E-state index in [9.17, 15) is 4.79 Å². The molecule has 0 atom stereocenters. The van der Waals surface area contributed by atoms with Crippen LogP contribution in [0.15, 0.2) is 48.5 Å². The summed E-state index contributed by atoms with van der Waals surface area (Å²) in [7, 11) is 0. The summed E-state index contributed by atoms with van der Waals surface area (Å²) in [6.45, 7) is 0.286. The van der Waals surface area contributed by atoms with Crippen molar-refractivity contribution in [2.45, 2.75) is 17.3 Å². The fourth-order valence-corrected chi connectivity index (χ4v) is 2.53. The van der Waals surface area contributed by atoms with Crippen LogP contribution >= 0.6 is 31.9 Å². The SMILES string of the molecule is O=C(OCc1cc(CBr)cc(CBr)c1)c1ccccc1. The molecule has 0 aromatic heterocycles. The molecule has 2 nitrogen and oxygen atoms in total. The molecule has 0 saturated carbocycles. The molecular formula is C16H14Br2O2. The maximum atomic E-state index is 11.9. The monoisotopic (exact) mass is 396 g/mol. The van der Waals surface area contributed by atoms with Gasteiger partial charge in [0, 0.05) is 10.7 Å². The van der Waals surface area contributed by atoms with Crippen molar-refractivity contribution in [2.75, 3.05) is 0 Å². The van der Waals surface area contributed by atoms with E-state index in [2.05, 4.69) is 37.9 Å². The summed E-state index contributed by atoms with van der Waals surface area (Å²) in [6, 6.07) is 15.2. The summed E-state index contributed by atoms with van der Waals surface area (Å²) in [5.74, 6) is -0.296. The lowest BCUT2D eigenvalue weighted by molar-refractivity contribution is 0.0472. The summed E-state index contributed by atoms with van der Waals surface area (Å²) in [5.41, 5.74) is 3.92. The van der Waals surface area contributed by atoms with Gasteiger partial charge in [-0.2, -0.15) is 0 Å². The van der Waals surface area contributed by atoms with Crippen molar-refractivity contribution in [3.8, 4) is 0 Å². The average molecular weight is 398 g/mol. The van der Waals surface area contributed by atoms with E-state index in [1.807, 2.05) is 30.3 Å². The van der Waals surface area contributed by atoms with Gasteiger partial charge < -0.3 is 4.74 Å². The molecule has 0 heterocycles. The van der Waals surface area contributed by atoms with E-state index >= 15 is 0 Å². The molecule has 2 aromatic carbocycles. The predicted molar refractivity (Wildman–Crippen MR) is 87.3 cm³/mol. The molecule has 104 valence electrons. The number of hydrogen-bond donors (Lipinski definition) is 0. The van der Waals surface area contributed by atoms with Crippen molar-refractivity contribution >= 4 is 37.8 Å². The molecule has 0 saturated heterocycles. The molecular weight excluding hydrogens is 384 g/mol. The summed E-state index contributed by atoms with van der Waals surface area (Å²) in [4.78, 5) is 11.9. The Morgan fingerprint density at radius 1 is 0.900 bits per heavy atom. The lowest BCUT2D eigenvalue weighted by Crippen LogP contribution is -2.05. The Bertz CT molecular complexity index is 560. The van der Waals surface area contributed by atoms with E-state index in [1.54, 1.807) is 12.1 Å². The first-order chi connectivity index (χ1) is 9.72. The van der Waals surface area contributed by atoms with Crippen molar-refractivity contribution < 1.29 is 9.53 Å². The van der Waals surface area contributed by atoms with Crippen LogP contribution in [0.25, 0.3) is 0 Å². The summed E-state index contributed by atoms with van der Waals surface area (Å²) >= 11 is 6.90. The van der Waals surface area contributed by atoms with Gasteiger partial charge in [-0.05, 0) is 28.8 Å². The van der Waals surface area contributed by atoms with Crippen LogP contribution in [0.4, 0.5) is 0 Å². The van der Waals surface area contributed by atoms with Crippen molar-refractivity contribution in [2.24, 2.45) is 0 Å². The fourth-order valence-electron chi connectivity index (χ4n) is 1.88. The number of esters is 1. The molecule has 2 rings (SSSR count). The number of benzene rings is 2. The van der Waals surface area contributed by atoms with Gasteiger partial charge in [-0.3, -0.25) is 0 Å². The Morgan fingerprint density at radius 3 is 2.00 bits per heavy atom. The molecule has 0 radical (unpaired) electrons. The van der Waals surface area contributed by atoms with Crippen molar-refractivity contribution in [3.63, 3.8) is 0 Å². The molecule has 0 aliphatic rings. The molecule has 0 amide bonds. The van der Waals surface area contributed by atoms with Crippen LogP contribution in [0.3, 0.4) is 0 Å². The Hall–Kier alpha value is -1.13. The van der Waals surface area contributed by atoms with Crippen LogP contribution < -0.4 is 0 Å². The highest BCUT2D eigenvalue weighted by Gasteiger charge is 2.07. The topological polar surface area (TPSA) is 26.3 Å². The third-order valence-corrected chi connectivity index (χ3v) is 4.10. The molecule has 0 aliphatic carbocycles. The van der Waals surface area contributed by atoms with Crippen LogP contribution in [0.5, 0.6) is 0 Å². The zero-order valence-corrected chi connectivity index (χ0v) is 14.0. The minimum atomic E-state index is -0.296. The van der Waals surface area contributed by atoms with Crippen LogP contribution in [0.2, 0.25) is 0 Å². The molecule has 4 heteroatoms. The Morgan fingerprint density at radius 2 is 1.45 bits per heavy atom. The lowest BCUT2D eigenvalue weighted by atomic mass is 10.1. The first kappa shape index (κ1) is 15.3. The van der Waals surface area contributed by atoms with Gasteiger partial charge in [-0.1, -0.05) is 68.3 Å². The standard InChI is InChI=1S/C16H14Br2O2/c17-9-12-6-13(10-18)8-14(7-12)11-20-16(19)15-4-2-1-3-5-15/h1-8H,9-11H2. The molecule has 0 aliphatic heterocycles. The molecule has 0 spiro atoms. The van der Waals surface area contributed by atoms with Crippen LogP contribution in [-0.4, -0.2) is 5.97 Å². The van der Waals surface area contributed by atoms with Gasteiger partial charge in [-0.25, -0.2) is 4.79 Å². The summed E-state index contributed by atoms with van der Waals surface area (Å²) in [6.07, 6.45) is 0. The van der Waals surface area contributed by atoms with E-state index in [-0.39, 0.29) is 12.6 Å². The predicted octanol–water partition coefficient (Wildman–Crippen LogP) is 4.83. The molecule has 20 heavy (non-hydrogen) atoms. The lowest BCUT2D eigenvalue weighted by Gasteiger charge is -2.08. The third kappa shape index (κ3) is 4.18. The minimum absolute atomic E-state index is 0.286. The van der Waals surface area contributed by atoms with Gasteiger partial charge in [0.1, 0.15) is 6.61 Å². The number of halogens is 2. The second-order valence-corrected chi connectivity index (χ2v) is 5.49. The molecule has 0 bridgehead atoms. The van der Waals surface area contributed by atoms with Crippen molar-refractivity contribution in [1.29, 1.82) is 0 Å². The maximum Gasteiger partial charge on any atom is 0.338 e. The molecule has 0 fully saturated rings. The summed E-state index contributed by atoms with van der Waals surface area (Å²) in [5, 5.41) is 1.57. The highest BCUT2D eigenvalue weighted by atomic mass is 79.9. The molecule has 0 unspecified atom stereocenters. The normalized spacial score (nSPS) is 10.3. The van der Waals surface area contributed by atoms with E-state index < -0.39 is 0 Å². The summed E-state index contributed by atoms with van der Waals surface area (Å²) < 4.78 is 5.34. The van der Waals surface area contributed by atoms with E-state index in [0.717, 1.165) is 16.2 Å². The maximum absolute atomic E-state index is 11.9.